The van der Waals surface area contributed by atoms with E-state index in [0.29, 0.717) is 36.3 Å². The third-order valence-electron chi connectivity index (χ3n) is 21.3. The molecular formula is C57H89N5. The second-order valence-electron chi connectivity index (χ2n) is 24.3. The van der Waals surface area contributed by atoms with Crippen molar-refractivity contribution in [3.05, 3.63) is 48.1 Å². The van der Waals surface area contributed by atoms with Crippen LogP contribution in [-0.4, -0.2) is 64.5 Å². The van der Waals surface area contributed by atoms with Gasteiger partial charge in [-0.15, -0.1) is 0 Å². The fourth-order valence-corrected chi connectivity index (χ4v) is 18.6. The molecular weight excluding hydrogens is 755 g/mol. The number of likely N-dealkylation sites (tertiary alicyclic amines) is 2. The van der Waals surface area contributed by atoms with E-state index >= 15 is 0 Å². The molecule has 3 N–H and O–H groups in total. The van der Waals surface area contributed by atoms with Gasteiger partial charge in [0.15, 0.2) is 0 Å². The van der Waals surface area contributed by atoms with Crippen molar-refractivity contribution in [2.24, 2.45) is 59.2 Å². The molecule has 12 aliphatic rings. The number of fused-ring (bicyclic) bond motifs is 6. The zero-order valence-electron chi connectivity index (χ0n) is 39.1. The van der Waals surface area contributed by atoms with Gasteiger partial charge in [0.2, 0.25) is 0 Å². The van der Waals surface area contributed by atoms with E-state index in [9.17, 15) is 0 Å². The van der Waals surface area contributed by atoms with Gasteiger partial charge in [-0.3, -0.25) is 25.8 Å². The highest BCUT2D eigenvalue weighted by Gasteiger charge is 2.55. The molecule has 3 saturated heterocycles. The van der Waals surface area contributed by atoms with Crippen molar-refractivity contribution in [2.45, 2.75) is 247 Å². The molecule has 9 aliphatic carbocycles. The van der Waals surface area contributed by atoms with Crippen LogP contribution in [0, 0.1) is 59.2 Å². The fraction of sp³-hybridized carbons (Fsp3) is 0.860. The van der Waals surface area contributed by atoms with Gasteiger partial charge >= 0.3 is 0 Å². The zero-order valence-corrected chi connectivity index (χ0v) is 39.1. The van der Waals surface area contributed by atoms with Crippen LogP contribution in [0.25, 0.3) is 0 Å². The van der Waals surface area contributed by atoms with E-state index in [1.807, 2.05) is 5.57 Å². The summed E-state index contributed by atoms with van der Waals surface area (Å²) in [6.45, 7) is 0. The molecule has 342 valence electrons. The Balaban J connectivity index is 0.723. The normalized spacial score (nSPS) is 49.1. The summed E-state index contributed by atoms with van der Waals surface area (Å²) in [5.41, 5.74) is 1.88. The van der Waals surface area contributed by atoms with Crippen LogP contribution in [-0.2, 0) is 0 Å². The lowest BCUT2D eigenvalue weighted by atomic mass is 9.65. The molecule has 12 rings (SSSR count). The van der Waals surface area contributed by atoms with E-state index in [4.69, 9.17) is 0 Å². The molecule has 3 aliphatic heterocycles. The minimum atomic E-state index is 0.373. The fourth-order valence-electron chi connectivity index (χ4n) is 18.6. The summed E-state index contributed by atoms with van der Waals surface area (Å²) in [6, 6.07) is 5.34. The van der Waals surface area contributed by atoms with Crippen LogP contribution in [0.5, 0.6) is 0 Å². The predicted molar refractivity (Wildman–Crippen MR) is 256 cm³/mol. The number of allylic oxidation sites excluding steroid dienone is 5. The minimum absolute atomic E-state index is 0.373. The molecule has 62 heavy (non-hydrogen) atoms. The summed E-state index contributed by atoms with van der Waals surface area (Å²) >= 11 is 0. The summed E-state index contributed by atoms with van der Waals surface area (Å²) in [5.74, 6) is 8.44. The van der Waals surface area contributed by atoms with Gasteiger partial charge in [0.25, 0.3) is 0 Å². The number of nitrogens with zero attached hydrogens (tertiary/aromatic N) is 2. The second kappa shape index (κ2) is 18.8. The highest BCUT2D eigenvalue weighted by atomic mass is 15.4. The lowest BCUT2D eigenvalue weighted by Gasteiger charge is -2.49. The monoisotopic (exact) mass is 844 g/mol. The maximum Gasteiger partial charge on any atom is 0.0660 e. The first kappa shape index (κ1) is 42.1. The topological polar surface area (TPSA) is 42.6 Å². The van der Waals surface area contributed by atoms with Crippen molar-refractivity contribution in [1.29, 1.82) is 0 Å². The molecule has 18 unspecified atom stereocenters. The Morgan fingerprint density at radius 3 is 1.87 bits per heavy atom. The van der Waals surface area contributed by atoms with Gasteiger partial charge in [-0.1, -0.05) is 93.1 Å². The minimum Gasteiger partial charge on any atom is -0.294 e. The van der Waals surface area contributed by atoms with E-state index < -0.39 is 0 Å². The van der Waals surface area contributed by atoms with Crippen LogP contribution in [0.3, 0.4) is 0 Å². The lowest BCUT2D eigenvalue weighted by Crippen LogP contribution is -2.72. The molecule has 5 saturated carbocycles. The van der Waals surface area contributed by atoms with Crippen LogP contribution >= 0.6 is 0 Å². The number of hydrogen-bond acceptors (Lipinski definition) is 5. The van der Waals surface area contributed by atoms with Gasteiger partial charge in [-0.2, -0.15) is 0 Å². The van der Waals surface area contributed by atoms with E-state index in [1.54, 1.807) is 0 Å². The molecule has 5 heteroatoms. The molecule has 5 nitrogen and oxygen atoms in total. The van der Waals surface area contributed by atoms with Crippen LogP contribution < -0.4 is 16.0 Å². The van der Waals surface area contributed by atoms with E-state index in [0.717, 1.165) is 77.7 Å². The Morgan fingerprint density at radius 2 is 1.10 bits per heavy atom. The summed E-state index contributed by atoms with van der Waals surface area (Å²) in [6.07, 6.45) is 62.4. The van der Waals surface area contributed by atoms with Crippen molar-refractivity contribution in [2.75, 3.05) is 0 Å². The molecule has 18 atom stereocenters. The Labute approximate surface area is 379 Å². The predicted octanol–water partition coefficient (Wildman–Crippen LogP) is 12.2. The van der Waals surface area contributed by atoms with Gasteiger partial charge in [0, 0.05) is 48.1 Å². The molecule has 8 fully saturated rings. The number of hydrogen-bond donors (Lipinski definition) is 3. The maximum atomic E-state index is 4.40. The lowest BCUT2D eigenvalue weighted by molar-refractivity contribution is 0.0564. The molecule has 0 bridgehead atoms. The Morgan fingerprint density at radius 1 is 0.403 bits per heavy atom. The third kappa shape index (κ3) is 8.19. The van der Waals surface area contributed by atoms with Crippen molar-refractivity contribution in [3.63, 3.8) is 0 Å². The molecule has 0 radical (unpaired) electrons. The maximum absolute atomic E-state index is 4.40. The van der Waals surface area contributed by atoms with Crippen LogP contribution in [0.4, 0.5) is 0 Å². The van der Waals surface area contributed by atoms with E-state index in [-0.39, 0.29) is 0 Å². The van der Waals surface area contributed by atoms with Crippen molar-refractivity contribution in [3.8, 4) is 0 Å². The van der Waals surface area contributed by atoms with E-state index in [2.05, 4.69) is 68.3 Å². The molecule has 0 aromatic heterocycles. The molecule has 0 amide bonds. The van der Waals surface area contributed by atoms with Crippen molar-refractivity contribution in [1.82, 2.24) is 25.8 Å². The summed E-state index contributed by atoms with van der Waals surface area (Å²) < 4.78 is 0. The molecule has 0 spiro atoms. The zero-order chi connectivity index (χ0) is 41.0. The SMILES string of the molecule is C1=CC(C2NC(C3C=CCC(C4CCC5C(C4)C4CCCCC4N5C4CC=CCC4)C3)NC(C3CCC=C(C4CCC5C(C4)C4CCCCC4N5C4CCCCC4)C3)N2)CCC1. The largest absolute Gasteiger partial charge is 0.294 e. The summed E-state index contributed by atoms with van der Waals surface area (Å²) in [7, 11) is 0. The molecule has 0 aromatic carbocycles. The van der Waals surface area contributed by atoms with Gasteiger partial charge in [-0.25, -0.2) is 0 Å². The smallest absolute Gasteiger partial charge is 0.0660 e. The van der Waals surface area contributed by atoms with Crippen molar-refractivity contribution < 1.29 is 0 Å². The third-order valence-corrected chi connectivity index (χ3v) is 21.3. The molecule has 0 aromatic rings. The van der Waals surface area contributed by atoms with Gasteiger partial charge < -0.3 is 0 Å². The standard InChI is InChI=1S/C57H89N5/c1-4-16-38(17-5-1)55-58-56(43-20-14-18-39(34-43)41-30-32-53-49(36-41)47-26-10-12-28-51(47)61(53)45-22-6-2-7-23-45)60-57(59-55)44-21-15-19-40(35-44)42-31-33-54-50(37-42)48-27-11-13-29-52(48)62(54)46-24-8-3-9-25-46/h2,4,6,14,16,19-20,38-39,41-60H,1,3,5,7-13,15,17-18,21-37H2. The average molecular weight is 844 g/mol. The van der Waals surface area contributed by atoms with Crippen LogP contribution in [0.2, 0.25) is 0 Å². The Kier molecular flexibility index (Phi) is 12.8. The van der Waals surface area contributed by atoms with Gasteiger partial charge in [0.05, 0.1) is 18.5 Å². The molecule has 3 heterocycles. The first-order valence-corrected chi connectivity index (χ1v) is 28.2. The highest BCUT2D eigenvalue weighted by Crippen LogP contribution is 2.56. The number of nitrogens with one attached hydrogen (secondary N) is 3. The summed E-state index contributed by atoms with van der Waals surface area (Å²) in [5, 5.41) is 13.0. The first-order valence-electron chi connectivity index (χ1n) is 28.2. The quantitative estimate of drug-likeness (QED) is 0.223. The van der Waals surface area contributed by atoms with Gasteiger partial charge in [0.1, 0.15) is 0 Å². The first-order chi connectivity index (χ1) is 30.7. The Hall–Kier alpha value is -1.24. The van der Waals surface area contributed by atoms with Crippen LogP contribution in [0.15, 0.2) is 48.1 Å². The summed E-state index contributed by atoms with van der Waals surface area (Å²) in [4.78, 5) is 6.41. The highest BCUT2D eigenvalue weighted by molar-refractivity contribution is 5.18. The average Bonchev–Trinajstić information content (AvgIpc) is 3.87. The Bertz CT molecular complexity index is 1640. The second-order valence-corrected chi connectivity index (χ2v) is 24.3. The van der Waals surface area contributed by atoms with Crippen LogP contribution in [0.1, 0.15) is 193 Å². The van der Waals surface area contributed by atoms with Crippen molar-refractivity contribution >= 4 is 0 Å². The van der Waals surface area contributed by atoms with E-state index in [1.165, 1.54) is 193 Å². The van der Waals surface area contributed by atoms with Gasteiger partial charge in [-0.05, 0) is 195 Å². The number of rotatable bonds is 7.